The molecule has 0 fully saturated rings. The Hall–Kier alpha value is -2.43. The van der Waals surface area contributed by atoms with Gasteiger partial charge in [-0.25, -0.2) is 0 Å². The van der Waals surface area contributed by atoms with Crippen molar-refractivity contribution in [1.29, 1.82) is 0 Å². The number of carbonyl (C=O) groups excluding carboxylic acids is 1. The third kappa shape index (κ3) is 5.87. The van der Waals surface area contributed by atoms with E-state index in [0.29, 0.717) is 26.8 Å². The quantitative estimate of drug-likeness (QED) is 0.399. The fourth-order valence-corrected chi connectivity index (χ4v) is 3.81. The van der Waals surface area contributed by atoms with Crippen molar-refractivity contribution in [2.45, 2.75) is 24.4 Å². The highest BCUT2D eigenvalue weighted by atomic mass is 35.5. The number of rotatable bonds is 7. The summed E-state index contributed by atoms with van der Waals surface area (Å²) in [6, 6.07) is 9.61. The van der Waals surface area contributed by atoms with E-state index >= 15 is 0 Å². The van der Waals surface area contributed by atoms with Crippen LogP contribution >= 0.6 is 35.0 Å². The van der Waals surface area contributed by atoms with E-state index in [1.807, 2.05) is 0 Å². The van der Waals surface area contributed by atoms with Gasteiger partial charge in [0.2, 0.25) is 5.91 Å². The van der Waals surface area contributed by atoms with Gasteiger partial charge in [-0.2, -0.15) is 13.2 Å². The van der Waals surface area contributed by atoms with E-state index in [9.17, 15) is 18.0 Å². The molecule has 0 saturated heterocycles. The topological polar surface area (TPSA) is 69.0 Å². The lowest BCUT2D eigenvalue weighted by Gasteiger charge is -2.15. The smallest absolute Gasteiger partial charge is 0.418 e. The molecule has 1 atom stereocenters. The summed E-state index contributed by atoms with van der Waals surface area (Å²) < 4.78 is 46.7. The second kappa shape index (κ2) is 10.0. The molecule has 32 heavy (non-hydrogen) atoms. The molecular weight excluding hydrogens is 488 g/mol. The van der Waals surface area contributed by atoms with Gasteiger partial charge in [0.1, 0.15) is 5.75 Å². The van der Waals surface area contributed by atoms with E-state index in [2.05, 4.69) is 15.5 Å². The van der Waals surface area contributed by atoms with E-state index in [4.69, 9.17) is 27.9 Å². The summed E-state index contributed by atoms with van der Waals surface area (Å²) in [5, 5.41) is 11.6. The first-order valence-corrected chi connectivity index (χ1v) is 10.9. The number of anilines is 1. The number of ether oxygens (including phenoxy) is 1. The third-order valence-corrected chi connectivity index (χ3v) is 5.84. The Balaban J connectivity index is 1.64. The second-order valence-corrected chi connectivity index (χ2v) is 8.40. The molecule has 1 aromatic heterocycles. The summed E-state index contributed by atoms with van der Waals surface area (Å²) in [6.45, 7) is 1.75. The average Bonchev–Trinajstić information content (AvgIpc) is 3.09. The van der Waals surface area contributed by atoms with Gasteiger partial charge in [-0.15, -0.1) is 10.2 Å². The van der Waals surface area contributed by atoms with Crippen LogP contribution in [0.5, 0.6) is 5.75 Å². The van der Waals surface area contributed by atoms with E-state index in [0.717, 1.165) is 17.8 Å². The number of carbonyl (C=O) groups is 1. The zero-order chi connectivity index (χ0) is 23.5. The monoisotopic (exact) mass is 504 g/mol. The molecule has 0 aliphatic heterocycles. The van der Waals surface area contributed by atoms with Crippen molar-refractivity contribution in [3.05, 3.63) is 63.9 Å². The van der Waals surface area contributed by atoms with Gasteiger partial charge in [0.05, 0.1) is 22.0 Å². The number of nitrogens with one attached hydrogen (secondary N) is 1. The van der Waals surface area contributed by atoms with E-state index in [1.54, 1.807) is 36.7 Å². The van der Waals surface area contributed by atoms with Crippen molar-refractivity contribution in [3.63, 3.8) is 0 Å². The van der Waals surface area contributed by atoms with Crippen LogP contribution in [-0.2, 0) is 18.0 Å². The van der Waals surface area contributed by atoms with Crippen LogP contribution in [0.2, 0.25) is 10.0 Å². The maximum Gasteiger partial charge on any atom is 0.418 e. The first kappa shape index (κ1) is 24.2. The number of halogens is 5. The number of para-hydroxylation sites is 1. The number of thioether (sulfide) groups is 1. The van der Waals surface area contributed by atoms with Crippen LogP contribution in [0.1, 0.15) is 24.4 Å². The van der Waals surface area contributed by atoms with Crippen molar-refractivity contribution >= 4 is 46.6 Å². The van der Waals surface area contributed by atoms with E-state index in [-0.39, 0.29) is 11.4 Å². The number of amides is 1. The largest absolute Gasteiger partial charge is 0.481 e. The summed E-state index contributed by atoms with van der Waals surface area (Å²) in [6.07, 6.45) is -5.11. The molecule has 6 nitrogen and oxygen atoms in total. The van der Waals surface area contributed by atoms with Gasteiger partial charge in [-0.1, -0.05) is 47.1 Å². The molecule has 0 aliphatic rings. The van der Waals surface area contributed by atoms with Crippen molar-refractivity contribution in [1.82, 2.24) is 14.8 Å². The van der Waals surface area contributed by atoms with Crippen LogP contribution in [-0.4, -0.2) is 26.4 Å². The Kier molecular flexibility index (Phi) is 7.58. The Bertz CT molecular complexity index is 1120. The molecule has 0 radical (unpaired) electrons. The molecule has 1 N–H and O–H groups in total. The van der Waals surface area contributed by atoms with Gasteiger partial charge >= 0.3 is 6.18 Å². The number of hydrogen-bond donors (Lipinski definition) is 1. The highest BCUT2D eigenvalue weighted by Crippen LogP contribution is 2.35. The number of nitrogens with zero attached hydrogens (tertiary/aromatic N) is 3. The molecule has 1 heterocycles. The number of benzene rings is 2. The predicted molar refractivity (Wildman–Crippen MR) is 117 cm³/mol. The Morgan fingerprint density at radius 2 is 1.94 bits per heavy atom. The van der Waals surface area contributed by atoms with Crippen LogP contribution in [0.4, 0.5) is 18.9 Å². The molecule has 1 amide bonds. The normalized spacial score (nSPS) is 12.5. The van der Waals surface area contributed by atoms with Crippen molar-refractivity contribution in [3.8, 4) is 5.75 Å². The fraction of sp³-hybridized carbons (Fsp3) is 0.250. The summed E-state index contributed by atoms with van der Waals surface area (Å²) in [5.41, 5.74) is -1.21. The van der Waals surface area contributed by atoms with Crippen molar-refractivity contribution < 1.29 is 22.7 Å². The molecule has 170 valence electrons. The maximum atomic E-state index is 13.1. The molecule has 3 aromatic rings. The van der Waals surface area contributed by atoms with Gasteiger partial charge in [0, 0.05) is 18.1 Å². The van der Waals surface area contributed by atoms with Crippen LogP contribution < -0.4 is 10.1 Å². The number of hydrogen-bond acceptors (Lipinski definition) is 5. The minimum absolute atomic E-state index is 0.159. The molecule has 12 heteroatoms. The minimum Gasteiger partial charge on any atom is -0.481 e. The first-order chi connectivity index (χ1) is 15.1. The molecule has 3 rings (SSSR count). The zero-order valence-corrected chi connectivity index (χ0v) is 19.1. The second-order valence-electron chi connectivity index (χ2n) is 6.61. The average molecular weight is 505 g/mol. The summed E-state index contributed by atoms with van der Waals surface area (Å²) in [7, 11) is 1.69. The predicted octanol–water partition coefficient (Wildman–Crippen LogP) is 6.01. The molecule has 0 spiro atoms. The van der Waals surface area contributed by atoms with Crippen molar-refractivity contribution in [2.75, 3.05) is 11.1 Å². The molecule has 2 aromatic carbocycles. The number of aromatic nitrogens is 3. The van der Waals surface area contributed by atoms with E-state index in [1.165, 1.54) is 18.2 Å². The highest BCUT2D eigenvalue weighted by molar-refractivity contribution is 7.99. The minimum atomic E-state index is -4.57. The first-order valence-electron chi connectivity index (χ1n) is 9.16. The standard InChI is InChI=1S/C20H17Cl2F3N4O2S/c1-11(31-16-9-12(21)7-8-14(16)22)18-27-28-19(29(18)2)32-10-17(30)26-15-6-4-3-5-13(15)20(23,24)25/h3-9,11H,10H2,1-2H3,(H,26,30). The summed E-state index contributed by atoms with van der Waals surface area (Å²) in [5.74, 6) is 0.0808. The van der Waals surface area contributed by atoms with Gasteiger partial charge in [-0.05, 0) is 31.2 Å². The molecule has 1 unspecified atom stereocenters. The number of alkyl halides is 3. The fourth-order valence-electron chi connectivity index (χ4n) is 2.77. The van der Waals surface area contributed by atoms with Gasteiger partial charge in [-0.3, -0.25) is 4.79 Å². The molecule has 0 bridgehead atoms. The molecular formula is C20H17Cl2F3N4O2S. The van der Waals surface area contributed by atoms with Crippen LogP contribution in [0.15, 0.2) is 47.6 Å². The molecule has 0 saturated carbocycles. The van der Waals surface area contributed by atoms with E-state index < -0.39 is 23.8 Å². The summed E-state index contributed by atoms with van der Waals surface area (Å²) >= 11 is 13.1. The maximum absolute atomic E-state index is 13.1. The van der Waals surface area contributed by atoms with Crippen molar-refractivity contribution in [2.24, 2.45) is 7.05 Å². The molecule has 0 aliphatic carbocycles. The van der Waals surface area contributed by atoms with Gasteiger partial charge in [0.15, 0.2) is 17.1 Å². The Morgan fingerprint density at radius 1 is 1.22 bits per heavy atom. The summed E-state index contributed by atoms with van der Waals surface area (Å²) in [4.78, 5) is 12.2. The highest BCUT2D eigenvalue weighted by Gasteiger charge is 2.33. The van der Waals surface area contributed by atoms with Gasteiger partial charge < -0.3 is 14.6 Å². The Morgan fingerprint density at radius 3 is 2.66 bits per heavy atom. The van der Waals surface area contributed by atoms with Crippen LogP contribution in [0.3, 0.4) is 0 Å². The van der Waals surface area contributed by atoms with Crippen LogP contribution in [0.25, 0.3) is 0 Å². The van der Waals surface area contributed by atoms with Gasteiger partial charge in [0.25, 0.3) is 0 Å². The Labute approximate surface area is 196 Å². The lowest BCUT2D eigenvalue weighted by Crippen LogP contribution is -2.18. The third-order valence-electron chi connectivity index (χ3n) is 4.27. The lowest BCUT2D eigenvalue weighted by atomic mass is 10.1. The van der Waals surface area contributed by atoms with Crippen LogP contribution in [0, 0.1) is 0 Å². The lowest BCUT2D eigenvalue weighted by molar-refractivity contribution is -0.137. The zero-order valence-electron chi connectivity index (χ0n) is 16.8. The SMILES string of the molecule is CC(Oc1cc(Cl)ccc1Cl)c1nnc(SCC(=O)Nc2ccccc2C(F)(F)F)n1C.